The van der Waals surface area contributed by atoms with Crippen LogP contribution in [0.2, 0.25) is 0 Å². The zero-order valence-corrected chi connectivity index (χ0v) is 14.5. The number of methoxy groups -OCH3 is 1. The lowest BCUT2D eigenvalue weighted by molar-refractivity contribution is -0.0135. The van der Waals surface area contributed by atoms with Crippen LogP contribution in [-0.4, -0.2) is 30.0 Å². The van der Waals surface area contributed by atoms with Crippen molar-refractivity contribution in [2.45, 2.75) is 44.1 Å². The monoisotopic (exact) mass is 343 g/mol. The van der Waals surface area contributed by atoms with E-state index in [2.05, 4.69) is 15.8 Å². The Morgan fingerprint density at radius 1 is 1.24 bits per heavy atom. The molecule has 4 bridgehead atoms. The highest BCUT2D eigenvalue weighted by Crippen LogP contribution is 2.55. The number of carbonyl (C=O) groups is 1. The van der Waals surface area contributed by atoms with Gasteiger partial charge in [-0.25, -0.2) is 10.2 Å². The maximum atomic E-state index is 12.3. The van der Waals surface area contributed by atoms with Crippen molar-refractivity contribution in [3.8, 4) is 11.5 Å². The van der Waals surface area contributed by atoms with Crippen molar-refractivity contribution in [2.75, 3.05) is 7.11 Å². The number of carbonyl (C=O) groups excluding carboxylic acids is 1. The minimum Gasteiger partial charge on any atom is -0.504 e. The quantitative estimate of drug-likeness (QED) is 0.580. The van der Waals surface area contributed by atoms with Crippen LogP contribution in [0.25, 0.3) is 0 Å². The molecule has 0 radical (unpaired) electrons. The number of phenols is 1. The van der Waals surface area contributed by atoms with Crippen LogP contribution < -0.4 is 15.5 Å². The Balaban J connectivity index is 1.35. The summed E-state index contributed by atoms with van der Waals surface area (Å²) < 4.78 is 5.06. The molecule has 0 heterocycles. The van der Waals surface area contributed by atoms with Crippen molar-refractivity contribution in [3.63, 3.8) is 0 Å². The van der Waals surface area contributed by atoms with Crippen molar-refractivity contribution in [1.82, 2.24) is 10.7 Å². The number of ether oxygens (including phenoxy) is 1. The Kier molecular flexibility index (Phi) is 4.06. The lowest BCUT2D eigenvalue weighted by atomic mass is 9.53. The zero-order valence-electron chi connectivity index (χ0n) is 14.5. The lowest BCUT2D eigenvalue weighted by Gasteiger charge is -2.56. The summed E-state index contributed by atoms with van der Waals surface area (Å²) in [6.45, 7) is 0. The number of aromatic hydroxyl groups is 1. The maximum Gasteiger partial charge on any atom is 0.335 e. The van der Waals surface area contributed by atoms with Gasteiger partial charge in [0.25, 0.3) is 0 Å². The third kappa shape index (κ3) is 3.30. The van der Waals surface area contributed by atoms with Crippen LogP contribution >= 0.6 is 0 Å². The molecule has 3 N–H and O–H groups in total. The van der Waals surface area contributed by atoms with Gasteiger partial charge in [0.1, 0.15) is 0 Å². The summed E-state index contributed by atoms with van der Waals surface area (Å²) in [6, 6.07) is 4.68. The second kappa shape index (κ2) is 6.24. The van der Waals surface area contributed by atoms with E-state index in [0.717, 1.165) is 42.6 Å². The standard InChI is InChI=1S/C19H25N3O3/c1-25-17-7-12(2-3-16(17)23)11-20-22-18(24)21-19-8-13-4-14(9-19)6-15(5-13)10-19/h2-3,7,11,13-15,23H,4-6,8-10H2,1H3,(H2,21,22,24)/b20-11-. The molecule has 0 atom stereocenters. The molecule has 0 saturated heterocycles. The fourth-order valence-electron chi connectivity index (χ4n) is 5.47. The maximum absolute atomic E-state index is 12.3. The van der Waals surface area contributed by atoms with E-state index in [-0.39, 0.29) is 17.3 Å². The molecule has 0 unspecified atom stereocenters. The van der Waals surface area contributed by atoms with Crippen LogP contribution in [0.15, 0.2) is 23.3 Å². The van der Waals surface area contributed by atoms with E-state index in [4.69, 9.17) is 4.74 Å². The molecule has 6 nitrogen and oxygen atoms in total. The molecule has 0 aromatic heterocycles. The molecule has 4 saturated carbocycles. The Bertz CT molecular complexity index is 666. The first-order valence-corrected chi connectivity index (χ1v) is 9.03. The summed E-state index contributed by atoms with van der Waals surface area (Å²) in [5, 5.41) is 16.8. The molecule has 5 rings (SSSR count). The molecule has 0 aliphatic heterocycles. The molecule has 6 heteroatoms. The van der Waals surface area contributed by atoms with Gasteiger partial charge in [0, 0.05) is 5.54 Å². The van der Waals surface area contributed by atoms with Crippen LogP contribution in [0.5, 0.6) is 11.5 Å². The molecule has 134 valence electrons. The predicted octanol–water partition coefficient (Wildman–Crippen LogP) is 3.00. The van der Waals surface area contributed by atoms with Gasteiger partial charge in [-0.3, -0.25) is 0 Å². The van der Waals surface area contributed by atoms with Gasteiger partial charge in [-0.15, -0.1) is 0 Å². The van der Waals surface area contributed by atoms with Gasteiger partial charge in [-0.1, -0.05) is 0 Å². The van der Waals surface area contributed by atoms with Gasteiger partial charge in [0.2, 0.25) is 0 Å². The van der Waals surface area contributed by atoms with Crippen molar-refractivity contribution in [2.24, 2.45) is 22.9 Å². The Labute approximate surface area is 147 Å². The van der Waals surface area contributed by atoms with Gasteiger partial charge in [0.05, 0.1) is 13.3 Å². The normalized spacial score (nSPS) is 32.8. The van der Waals surface area contributed by atoms with E-state index in [9.17, 15) is 9.90 Å². The highest BCUT2D eigenvalue weighted by atomic mass is 16.5. The number of hydrazone groups is 1. The van der Waals surface area contributed by atoms with Crippen LogP contribution in [-0.2, 0) is 0 Å². The molecule has 2 amide bonds. The highest BCUT2D eigenvalue weighted by Gasteiger charge is 2.51. The minimum absolute atomic E-state index is 0.0177. The van der Waals surface area contributed by atoms with Gasteiger partial charge in [-0.2, -0.15) is 5.10 Å². The molecule has 1 aromatic rings. The Morgan fingerprint density at radius 3 is 2.48 bits per heavy atom. The summed E-state index contributed by atoms with van der Waals surface area (Å²) in [4.78, 5) is 12.3. The van der Waals surface area contributed by atoms with Gasteiger partial charge in [0.15, 0.2) is 11.5 Å². The fraction of sp³-hybridized carbons (Fsp3) is 0.579. The smallest absolute Gasteiger partial charge is 0.335 e. The van der Waals surface area contributed by atoms with Gasteiger partial charge in [-0.05, 0) is 80.0 Å². The number of urea groups is 1. The second-order valence-corrected chi connectivity index (χ2v) is 7.95. The van der Waals surface area contributed by atoms with E-state index < -0.39 is 0 Å². The van der Waals surface area contributed by atoms with Gasteiger partial charge < -0.3 is 15.2 Å². The SMILES string of the molecule is COc1cc(/C=N\NC(=O)NC23CC4CC(CC(C4)C2)C3)ccc1O. The van der Waals surface area contributed by atoms with E-state index in [0.29, 0.717) is 5.75 Å². The number of rotatable bonds is 4. The fourth-order valence-corrected chi connectivity index (χ4v) is 5.47. The number of nitrogens with zero attached hydrogens (tertiary/aromatic N) is 1. The average molecular weight is 343 g/mol. The summed E-state index contributed by atoms with van der Waals surface area (Å²) >= 11 is 0. The van der Waals surface area contributed by atoms with Crippen LogP contribution in [0.1, 0.15) is 44.1 Å². The molecular formula is C19H25N3O3. The molecule has 4 aliphatic carbocycles. The third-order valence-electron chi connectivity index (χ3n) is 6.00. The molecule has 0 spiro atoms. The summed E-state index contributed by atoms with van der Waals surface area (Å²) in [7, 11) is 1.49. The topological polar surface area (TPSA) is 83.0 Å². The average Bonchev–Trinajstić information content (AvgIpc) is 2.54. The van der Waals surface area contributed by atoms with Crippen molar-refractivity contribution in [3.05, 3.63) is 23.8 Å². The molecule has 4 fully saturated rings. The van der Waals surface area contributed by atoms with Crippen LogP contribution in [0.3, 0.4) is 0 Å². The zero-order chi connectivity index (χ0) is 17.4. The number of hydrogen-bond donors (Lipinski definition) is 3. The van der Waals surface area contributed by atoms with E-state index in [1.807, 2.05) is 0 Å². The predicted molar refractivity (Wildman–Crippen MR) is 94.8 cm³/mol. The first-order valence-electron chi connectivity index (χ1n) is 9.03. The summed E-state index contributed by atoms with van der Waals surface area (Å²) in [5.74, 6) is 2.83. The summed E-state index contributed by atoms with van der Waals surface area (Å²) in [5.41, 5.74) is 3.30. The number of amides is 2. The number of phenolic OH excluding ortho intramolecular Hbond substituents is 1. The number of nitrogens with one attached hydrogen (secondary N) is 2. The van der Waals surface area contributed by atoms with Crippen molar-refractivity contribution in [1.29, 1.82) is 0 Å². The van der Waals surface area contributed by atoms with E-state index >= 15 is 0 Å². The minimum atomic E-state index is -0.232. The van der Waals surface area contributed by atoms with Crippen molar-refractivity contribution < 1.29 is 14.6 Å². The highest BCUT2D eigenvalue weighted by molar-refractivity contribution is 5.83. The second-order valence-electron chi connectivity index (χ2n) is 7.95. The first kappa shape index (κ1) is 16.2. The summed E-state index contributed by atoms with van der Waals surface area (Å²) in [6.07, 6.45) is 8.94. The first-order chi connectivity index (χ1) is 12.0. The Hall–Kier alpha value is -2.24. The molecule has 25 heavy (non-hydrogen) atoms. The lowest BCUT2D eigenvalue weighted by Crippen LogP contribution is -2.61. The van der Waals surface area contributed by atoms with E-state index in [1.165, 1.54) is 32.4 Å². The number of hydrogen-bond acceptors (Lipinski definition) is 4. The molecular weight excluding hydrogens is 318 g/mol. The molecule has 1 aromatic carbocycles. The third-order valence-corrected chi connectivity index (χ3v) is 6.00. The Morgan fingerprint density at radius 2 is 1.88 bits per heavy atom. The largest absolute Gasteiger partial charge is 0.504 e. The number of benzene rings is 1. The van der Waals surface area contributed by atoms with Crippen molar-refractivity contribution >= 4 is 12.2 Å². The molecule has 4 aliphatic rings. The van der Waals surface area contributed by atoms with Crippen LogP contribution in [0.4, 0.5) is 4.79 Å². The van der Waals surface area contributed by atoms with Gasteiger partial charge >= 0.3 is 6.03 Å². The van der Waals surface area contributed by atoms with E-state index in [1.54, 1.807) is 18.3 Å². The van der Waals surface area contributed by atoms with Crippen LogP contribution in [0, 0.1) is 17.8 Å².